The van der Waals surface area contributed by atoms with Crippen molar-refractivity contribution >= 4 is 0 Å². The molecule has 0 saturated heterocycles. The molecule has 0 aromatic heterocycles. The number of hydrogen-bond donors (Lipinski definition) is 1. The summed E-state index contributed by atoms with van der Waals surface area (Å²) in [5.74, 6) is 0.374. The van der Waals surface area contributed by atoms with E-state index < -0.39 is 6.61 Å². The highest BCUT2D eigenvalue weighted by molar-refractivity contribution is 5.42. The van der Waals surface area contributed by atoms with Gasteiger partial charge in [-0.05, 0) is 31.8 Å². The second-order valence-electron chi connectivity index (χ2n) is 4.21. The van der Waals surface area contributed by atoms with Crippen LogP contribution in [0.3, 0.4) is 0 Å². The predicted octanol–water partition coefficient (Wildman–Crippen LogP) is 1.95. The van der Waals surface area contributed by atoms with Gasteiger partial charge in [0.1, 0.15) is 0 Å². The van der Waals surface area contributed by atoms with Gasteiger partial charge in [0.15, 0.2) is 11.5 Å². The lowest BCUT2D eigenvalue weighted by molar-refractivity contribution is -0.0512. The highest BCUT2D eigenvalue weighted by atomic mass is 19.3. The molecule has 1 aromatic rings. The molecule has 6 heteroatoms. The van der Waals surface area contributed by atoms with Crippen molar-refractivity contribution in [2.24, 2.45) is 0 Å². The quantitative estimate of drug-likeness (QED) is 0.785. The molecule has 1 N–H and O–H groups in total. The summed E-state index contributed by atoms with van der Waals surface area (Å²) in [7, 11) is 5.32. The Hall–Kier alpha value is -1.40. The number of likely N-dealkylation sites (N-methyl/N-ethyl adjacent to an activating group) is 2. The normalized spacial score (nSPS) is 11.1. The van der Waals surface area contributed by atoms with E-state index in [1.165, 1.54) is 13.2 Å². The number of alkyl halides is 2. The Morgan fingerprint density at radius 1 is 1.32 bits per heavy atom. The van der Waals surface area contributed by atoms with Gasteiger partial charge in [0, 0.05) is 19.6 Å². The zero-order valence-electron chi connectivity index (χ0n) is 11.5. The molecule has 0 fully saturated rings. The monoisotopic (exact) mass is 274 g/mol. The third-order valence-electron chi connectivity index (χ3n) is 2.64. The fourth-order valence-corrected chi connectivity index (χ4v) is 1.70. The number of halogens is 2. The summed E-state index contributed by atoms with van der Waals surface area (Å²) in [6.07, 6.45) is 0. The van der Waals surface area contributed by atoms with E-state index >= 15 is 0 Å². The number of rotatable bonds is 8. The zero-order chi connectivity index (χ0) is 14.3. The first-order valence-electron chi connectivity index (χ1n) is 6.01. The minimum atomic E-state index is -2.85. The maximum Gasteiger partial charge on any atom is 0.387 e. The van der Waals surface area contributed by atoms with Gasteiger partial charge in [-0.3, -0.25) is 0 Å². The van der Waals surface area contributed by atoms with Crippen molar-refractivity contribution in [2.45, 2.75) is 13.2 Å². The molecule has 0 unspecified atom stereocenters. The van der Waals surface area contributed by atoms with E-state index in [0.717, 1.165) is 18.7 Å². The molecule has 0 heterocycles. The number of methoxy groups -OCH3 is 1. The average molecular weight is 274 g/mol. The first-order valence-corrected chi connectivity index (χ1v) is 6.01. The van der Waals surface area contributed by atoms with E-state index in [9.17, 15) is 8.78 Å². The summed E-state index contributed by atoms with van der Waals surface area (Å²) in [5.41, 5.74) is 0.983. The zero-order valence-corrected chi connectivity index (χ0v) is 11.5. The third kappa shape index (κ3) is 5.40. The molecule has 0 spiro atoms. The molecule has 0 amide bonds. The smallest absolute Gasteiger partial charge is 0.387 e. The van der Waals surface area contributed by atoms with Gasteiger partial charge in [0.05, 0.1) is 7.11 Å². The lowest BCUT2D eigenvalue weighted by Crippen LogP contribution is -2.26. The molecular formula is C13H20F2N2O2. The molecule has 0 saturated carbocycles. The van der Waals surface area contributed by atoms with Crippen LogP contribution in [0.1, 0.15) is 5.56 Å². The van der Waals surface area contributed by atoms with Crippen molar-refractivity contribution in [3.63, 3.8) is 0 Å². The average Bonchev–Trinajstić information content (AvgIpc) is 2.37. The van der Waals surface area contributed by atoms with Gasteiger partial charge < -0.3 is 19.7 Å². The Kier molecular flexibility index (Phi) is 6.52. The summed E-state index contributed by atoms with van der Waals surface area (Å²) in [6, 6.07) is 4.98. The fourth-order valence-electron chi connectivity index (χ4n) is 1.70. The molecule has 19 heavy (non-hydrogen) atoms. The van der Waals surface area contributed by atoms with Crippen LogP contribution in [0.15, 0.2) is 18.2 Å². The maximum atomic E-state index is 12.2. The van der Waals surface area contributed by atoms with Crippen LogP contribution in [0.4, 0.5) is 8.78 Å². The Bertz CT molecular complexity index is 389. The fraction of sp³-hybridized carbons (Fsp3) is 0.538. The van der Waals surface area contributed by atoms with Crippen LogP contribution in [-0.4, -0.2) is 45.8 Å². The first kappa shape index (κ1) is 15.7. The van der Waals surface area contributed by atoms with Gasteiger partial charge >= 0.3 is 6.61 Å². The molecule has 0 aliphatic heterocycles. The second kappa shape index (κ2) is 7.91. The van der Waals surface area contributed by atoms with E-state index in [1.54, 1.807) is 12.1 Å². The van der Waals surface area contributed by atoms with Crippen LogP contribution < -0.4 is 14.8 Å². The van der Waals surface area contributed by atoms with Crippen molar-refractivity contribution < 1.29 is 18.3 Å². The summed E-state index contributed by atoms with van der Waals surface area (Å²) in [4.78, 5) is 2.12. The van der Waals surface area contributed by atoms with Crippen LogP contribution in [0.2, 0.25) is 0 Å². The lowest BCUT2D eigenvalue weighted by Gasteiger charge is -2.17. The van der Waals surface area contributed by atoms with Gasteiger partial charge in [-0.15, -0.1) is 0 Å². The van der Waals surface area contributed by atoms with Crippen LogP contribution in [0, 0.1) is 0 Å². The summed E-state index contributed by atoms with van der Waals surface area (Å²) < 4.78 is 33.8. The first-order chi connectivity index (χ1) is 9.06. The maximum absolute atomic E-state index is 12.2. The minimum Gasteiger partial charge on any atom is -0.493 e. The molecule has 1 aromatic carbocycles. The Morgan fingerprint density at radius 3 is 2.63 bits per heavy atom. The molecule has 4 nitrogen and oxygen atoms in total. The van der Waals surface area contributed by atoms with Crippen molar-refractivity contribution in [1.29, 1.82) is 0 Å². The molecule has 0 atom stereocenters. The second-order valence-corrected chi connectivity index (χ2v) is 4.21. The molecule has 108 valence electrons. The highest BCUT2D eigenvalue weighted by Crippen LogP contribution is 2.29. The predicted molar refractivity (Wildman–Crippen MR) is 69.9 cm³/mol. The Balaban J connectivity index is 2.70. The van der Waals surface area contributed by atoms with E-state index in [4.69, 9.17) is 4.74 Å². The number of ether oxygens (including phenoxy) is 2. The van der Waals surface area contributed by atoms with Gasteiger partial charge in [-0.1, -0.05) is 6.07 Å². The van der Waals surface area contributed by atoms with Crippen molar-refractivity contribution in [3.05, 3.63) is 23.8 Å². The largest absolute Gasteiger partial charge is 0.493 e. The van der Waals surface area contributed by atoms with Gasteiger partial charge in [-0.2, -0.15) is 8.78 Å². The van der Waals surface area contributed by atoms with Crippen molar-refractivity contribution in [3.8, 4) is 11.5 Å². The Labute approximate surface area is 112 Å². The van der Waals surface area contributed by atoms with Crippen LogP contribution in [0.5, 0.6) is 11.5 Å². The minimum absolute atomic E-state index is 0.0547. The number of nitrogens with one attached hydrogen (secondary N) is 1. The van der Waals surface area contributed by atoms with Crippen LogP contribution in [0.25, 0.3) is 0 Å². The summed E-state index contributed by atoms with van der Waals surface area (Å²) in [5, 5.41) is 3.07. The lowest BCUT2D eigenvalue weighted by atomic mass is 10.2. The Morgan fingerprint density at radius 2 is 2.05 bits per heavy atom. The van der Waals surface area contributed by atoms with Crippen molar-refractivity contribution in [2.75, 3.05) is 34.3 Å². The molecule has 0 radical (unpaired) electrons. The van der Waals surface area contributed by atoms with E-state index in [1.807, 2.05) is 14.1 Å². The van der Waals surface area contributed by atoms with Gasteiger partial charge in [-0.25, -0.2) is 0 Å². The van der Waals surface area contributed by atoms with Gasteiger partial charge in [0.25, 0.3) is 0 Å². The van der Waals surface area contributed by atoms with E-state index in [2.05, 4.69) is 15.0 Å². The van der Waals surface area contributed by atoms with Crippen LogP contribution in [-0.2, 0) is 6.54 Å². The molecule has 0 bridgehead atoms. The number of hydrogen-bond acceptors (Lipinski definition) is 4. The van der Waals surface area contributed by atoms with E-state index in [-0.39, 0.29) is 5.75 Å². The van der Waals surface area contributed by atoms with Crippen LogP contribution >= 0.6 is 0 Å². The standard InChI is InChI=1S/C13H20F2N2O2/c1-16-6-7-17(2)9-10-4-5-11(19-13(14)15)12(8-10)18-3/h4-5,8,13,16H,6-7,9H2,1-3H3. The highest BCUT2D eigenvalue weighted by Gasteiger charge is 2.11. The van der Waals surface area contributed by atoms with Crippen molar-refractivity contribution in [1.82, 2.24) is 10.2 Å². The SMILES string of the molecule is CNCCN(C)Cc1ccc(OC(F)F)c(OC)c1. The molecule has 1 rings (SSSR count). The third-order valence-corrected chi connectivity index (χ3v) is 2.64. The topological polar surface area (TPSA) is 33.7 Å². The van der Waals surface area contributed by atoms with E-state index in [0.29, 0.717) is 12.3 Å². The van der Waals surface area contributed by atoms with Gasteiger partial charge in [0.2, 0.25) is 0 Å². The summed E-state index contributed by atoms with van der Waals surface area (Å²) in [6.45, 7) is -0.348. The molecule has 0 aliphatic rings. The number of nitrogens with zero attached hydrogens (tertiary/aromatic N) is 1. The molecular weight excluding hydrogens is 254 g/mol. The number of benzene rings is 1. The summed E-state index contributed by atoms with van der Waals surface area (Å²) >= 11 is 0. The molecule has 0 aliphatic carbocycles.